The number of rotatable bonds is 6. The molecule has 0 saturated heterocycles. The number of hydrogen-bond acceptors (Lipinski definition) is 5. The van der Waals surface area contributed by atoms with E-state index in [4.69, 9.17) is 10.5 Å². The third-order valence-corrected chi connectivity index (χ3v) is 2.69. The molecule has 0 saturated carbocycles. The number of amides is 1. The van der Waals surface area contributed by atoms with Crippen LogP contribution in [0.1, 0.15) is 32.0 Å². The van der Waals surface area contributed by atoms with E-state index < -0.39 is 0 Å². The molecule has 1 amide bonds. The fraction of sp³-hybridized carbons (Fsp3) is 0.600. The molecule has 0 spiro atoms. The van der Waals surface area contributed by atoms with Gasteiger partial charge in [-0.25, -0.2) is 4.98 Å². The normalized spacial score (nSPS) is 12.4. The fourth-order valence-corrected chi connectivity index (χ4v) is 1.87. The van der Waals surface area contributed by atoms with E-state index in [2.05, 4.69) is 10.3 Å². The van der Waals surface area contributed by atoms with Crippen LogP contribution in [0.15, 0.2) is 5.38 Å². The minimum atomic E-state index is -0.106. The summed E-state index contributed by atoms with van der Waals surface area (Å²) in [5, 5.41) is 5.15. The van der Waals surface area contributed by atoms with Crippen molar-refractivity contribution in [1.29, 1.82) is 0 Å². The van der Waals surface area contributed by atoms with Gasteiger partial charge in [-0.3, -0.25) is 4.79 Å². The monoisotopic (exact) mass is 243 g/mol. The molecule has 0 aromatic carbocycles. The van der Waals surface area contributed by atoms with Gasteiger partial charge in [0.1, 0.15) is 0 Å². The van der Waals surface area contributed by atoms with E-state index in [0.717, 1.165) is 5.69 Å². The zero-order chi connectivity index (χ0) is 12.0. The molecule has 0 aliphatic rings. The van der Waals surface area contributed by atoms with Crippen molar-refractivity contribution >= 4 is 22.4 Å². The van der Waals surface area contributed by atoms with Gasteiger partial charge in [0, 0.05) is 18.0 Å². The molecule has 1 aromatic heterocycles. The van der Waals surface area contributed by atoms with Crippen LogP contribution in [0.3, 0.4) is 0 Å². The van der Waals surface area contributed by atoms with Crippen molar-refractivity contribution in [3.8, 4) is 0 Å². The Morgan fingerprint density at radius 1 is 1.75 bits per heavy atom. The fourth-order valence-electron chi connectivity index (χ4n) is 1.04. The largest absolute Gasteiger partial charge is 0.381 e. The van der Waals surface area contributed by atoms with Crippen LogP contribution in [0, 0.1) is 0 Å². The highest BCUT2D eigenvalue weighted by Gasteiger charge is 2.08. The van der Waals surface area contributed by atoms with Crippen molar-refractivity contribution in [1.82, 2.24) is 4.98 Å². The minimum absolute atomic E-state index is 0.0842. The van der Waals surface area contributed by atoms with E-state index in [1.165, 1.54) is 11.3 Å². The van der Waals surface area contributed by atoms with Crippen molar-refractivity contribution in [3.63, 3.8) is 0 Å². The molecule has 0 aliphatic carbocycles. The van der Waals surface area contributed by atoms with Crippen LogP contribution < -0.4 is 11.1 Å². The molecule has 1 heterocycles. The molecule has 1 unspecified atom stereocenters. The highest BCUT2D eigenvalue weighted by atomic mass is 32.1. The lowest BCUT2D eigenvalue weighted by molar-refractivity contribution is -0.117. The molecule has 1 aromatic rings. The number of nitrogens with one attached hydrogen (secondary N) is 1. The molecule has 0 bridgehead atoms. The summed E-state index contributed by atoms with van der Waals surface area (Å²) in [5.74, 6) is -0.0842. The van der Waals surface area contributed by atoms with E-state index in [1.807, 2.05) is 19.2 Å². The molecule has 6 heteroatoms. The van der Waals surface area contributed by atoms with Gasteiger partial charge in [-0.05, 0) is 13.8 Å². The molecule has 0 radical (unpaired) electrons. The third-order valence-electron chi connectivity index (χ3n) is 1.91. The summed E-state index contributed by atoms with van der Waals surface area (Å²) in [4.78, 5) is 15.6. The van der Waals surface area contributed by atoms with Crippen LogP contribution in [-0.2, 0) is 9.53 Å². The lowest BCUT2D eigenvalue weighted by Crippen LogP contribution is -2.14. The summed E-state index contributed by atoms with van der Waals surface area (Å²) >= 11 is 1.38. The molecule has 5 nitrogen and oxygen atoms in total. The summed E-state index contributed by atoms with van der Waals surface area (Å²) in [6.07, 6.45) is 0.348. The summed E-state index contributed by atoms with van der Waals surface area (Å²) < 4.78 is 5.09. The Morgan fingerprint density at radius 2 is 2.50 bits per heavy atom. The lowest BCUT2D eigenvalue weighted by Gasteiger charge is -2.02. The maximum atomic E-state index is 11.4. The Hall–Kier alpha value is -0.980. The van der Waals surface area contributed by atoms with Crippen molar-refractivity contribution in [2.24, 2.45) is 5.73 Å². The summed E-state index contributed by atoms with van der Waals surface area (Å²) in [6, 6.07) is -0.106. The van der Waals surface area contributed by atoms with Crippen LogP contribution in [0.5, 0.6) is 0 Å². The van der Waals surface area contributed by atoms with Crippen molar-refractivity contribution < 1.29 is 9.53 Å². The van der Waals surface area contributed by atoms with Gasteiger partial charge < -0.3 is 15.8 Å². The van der Waals surface area contributed by atoms with Crippen LogP contribution in [0.25, 0.3) is 0 Å². The number of nitrogens with zero attached hydrogens (tertiary/aromatic N) is 1. The van der Waals surface area contributed by atoms with E-state index in [0.29, 0.717) is 24.8 Å². The lowest BCUT2D eigenvalue weighted by atomic mass is 10.3. The standard InChI is InChI=1S/C10H17N3O2S/c1-3-15-5-4-9(14)13-10-12-8(6-16-10)7(2)11/h6-7H,3-5,11H2,1-2H3,(H,12,13,14). The number of carbonyl (C=O) groups is 1. The maximum Gasteiger partial charge on any atom is 0.228 e. The van der Waals surface area contributed by atoms with Crippen molar-refractivity contribution in [3.05, 3.63) is 11.1 Å². The first kappa shape index (κ1) is 13.1. The second-order valence-electron chi connectivity index (χ2n) is 3.36. The number of hydrogen-bond donors (Lipinski definition) is 2. The first-order chi connectivity index (χ1) is 7.63. The highest BCUT2D eigenvalue weighted by Crippen LogP contribution is 2.19. The SMILES string of the molecule is CCOCCC(=O)Nc1nc(C(C)N)cs1. The number of carbonyl (C=O) groups excluding carboxylic acids is 1. The van der Waals surface area contributed by atoms with Gasteiger partial charge in [-0.15, -0.1) is 11.3 Å². The zero-order valence-corrected chi connectivity index (χ0v) is 10.3. The molecule has 16 heavy (non-hydrogen) atoms. The van der Waals surface area contributed by atoms with Crippen LogP contribution in [0.4, 0.5) is 5.13 Å². The molecular formula is C10H17N3O2S. The number of thiazole rings is 1. The molecule has 1 rings (SSSR count). The van der Waals surface area contributed by atoms with Gasteiger partial charge in [0.25, 0.3) is 0 Å². The van der Waals surface area contributed by atoms with Crippen LogP contribution in [0.2, 0.25) is 0 Å². The molecule has 90 valence electrons. The second kappa shape index (κ2) is 6.57. The predicted molar refractivity (Wildman–Crippen MR) is 64.5 cm³/mol. The van der Waals surface area contributed by atoms with Crippen molar-refractivity contribution in [2.75, 3.05) is 18.5 Å². The summed E-state index contributed by atoms with van der Waals surface area (Å²) in [5.41, 5.74) is 6.46. The Kier molecular flexibility index (Phi) is 5.37. The molecule has 1 atom stereocenters. The summed E-state index contributed by atoms with van der Waals surface area (Å²) in [6.45, 7) is 4.82. The highest BCUT2D eigenvalue weighted by molar-refractivity contribution is 7.13. The Balaban J connectivity index is 2.37. The van der Waals surface area contributed by atoms with E-state index in [1.54, 1.807) is 0 Å². The van der Waals surface area contributed by atoms with Gasteiger partial charge in [-0.1, -0.05) is 0 Å². The average Bonchev–Trinajstić information content (AvgIpc) is 2.66. The van der Waals surface area contributed by atoms with E-state index in [9.17, 15) is 4.79 Å². The molecule has 3 N–H and O–H groups in total. The average molecular weight is 243 g/mol. The van der Waals surface area contributed by atoms with Gasteiger partial charge >= 0.3 is 0 Å². The maximum absolute atomic E-state index is 11.4. The number of aromatic nitrogens is 1. The van der Waals surface area contributed by atoms with Crippen LogP contribution in [-0.4, -0.2) is 24.1 Å². The molecular weight excluding hydrogens is 226 g/mol. The topological polar surface area (TPSA) is 77.2 Å². The van der Waals surface area contributed by atoms with Crippen LogP contribution >= 0.6 is 11.3 Å². The van der Waals surface area contributed by atoms with Gasteiger partial charge in [0.15, 0.2) is 5.13 Å². The molecule has 0 aliphatic heterocycles. The van der Waals surface area contributed by atoms with Gasteiger partial charge in [0.05, 0.1) is 18.7 Å². The van der Waals surface area contributed by atoms with E-state index in [-0.39, 0.29) is 11.9 Å². The zero-order valence-electron chi connectivity index (χ0n) is 9.53. The van der Waals surface area contributed by atoms with Gasteiger partial charge in [0.2, 0.25) is 5.91 Å². The Morgan fingerprint density at radius 3 is 3.06 bits per heavy atom. The molecule has 0 fully saturated rings. The summed E-state index contributed by atoms with van der Waals surface area (Å²) in [7, 11) is 0. The predicted octanol–water partition coefficient (Wildman–Crippen LogP) is 1.53. The van der Waals surface area contributed by atoms with Gasteiger partial charge in [-0.2, -0.15) is 0 Å². The smallest absolute Gasteiger partial charge is 0.228 e. The minimum Gasteiger partial charge on any atom is -0.381 e. The quantitative estimate of drug-likeness (QED) is 0.743. The first-order valence-electron chi connectivity index (χ1n) is 5.22. The Bertz CT molecular complexity index is 339. The number of nitrogens with two attached hydrogens (primary N) is 1. The second-order valence-corrected chi connectivity index (χ2v) is 4.22. The van der Waals surface area contributed by atoms with Crippen molar-refractivity contribution in [2.45, 2.75) is 26.3 Å². The first-order valence-corrected chi connectivity index (χ1v) is 6.10. The third kappa shape index (κ3) is 4.26. The number of anilines is 1. The number of ether oxygens (including phenoxy) is 1. The Labute approximate surface area is 99.0 Å². The van der Waals surface area contributed by atoms with E-state index >= 15 is 0 Å².